The van der Waals surface area contributed by atoms with Crippen LogP contribution in [0.5, 0.6) is 0 Å². The van der Waals surface area contributed by atoms with Crippen LogP contribution in [0.3, 0.4) is 0 Å². The van der Waals surface area contributed by atoms with Crippen LogP contribution in [0.1, 0.15) is 34.0 Å². The minimum atomic E-state index is -0.0925. The van der Waals surface area contributed by atoms with Crippen molar-refractivity contribution in [2.45, 2.75) is 26.7 Å². The molecule has 1 aliphatic carbocycles. The van der Waals surface area contributed by atoms with Crippen LogP contribution in [0.4, 0.5) is 5.69 Å². The van der Waals surface area contributed by atoms with Gasteiger partial charge in [0.15, 0.2) is 5.78 Å². The lowest BCUT2D eigenvalue weighted by atomic mass is 9.94. The van der Waals surface area contributed by atoms with E-state index in [4.69, 9.17) is 0 Å². The summed E-state index contributed by atoms with van der Waals surface area (Å²) >= 11 is 0. The van der Waals surface area contributed by atoms with Crippen LogP contribution in [-0.2, 0) is 17.6 Å². The van der Waals surface area contributed by atoms with Crippen molar-refractivity contribution in [3.8, 4) is 0 Å². The Balaban J connectivity index is 1.61. The Morgan fingerprint density at radius 2 is 1.85 bits per heavy atom. The van der Waals surface area contributed by atoms with Crippen molar-refractivity contribution < 1.29 is 9.59 Å². The van der Waals surface area contributed by atoms with Gasteiger partial charge in [-0.05, 0) is 59.4 Å². The number of fused-ring (bicyclic) bond motifs is 2. The Kier molecular flexibility index (Phi) is 4.08. The van der Waals surface area contributed by atoms with Crippen molar-refractivity contribution in [2.24, 2.45) is 5.92 Å². The SMILES string of the molecule is CC(=O)Nc1ccc2c(c1C)CC(Cc1ccc3ccccc3c1)C2=O. The van der Waals surface area contributed by atoms with Crippen LogP contribution >= 0.6 is 0 Å². The number of anilines is 1. The lowest BCUT2D eigenvalue weighted by molar-refractivity contribution is -0.114. The van der Waals surface area contributed by atoms with Gasteiger partial charge in [0.2, 0.25) is 5.91 Å². The molecule has 1 unspecified atom stereocenters. The van der Waals surface area contributed by atoms with Gasteiger partial charge in [0.05, 0.1) is 0 Å². The summed E-state index contributed by atoms with van der Waals surface area (Å²) in [6.45, 7) is 3.48. The standard InChI is InChI=1S/C23H21NO2/c1-14-21-13-19(23(26)20(21)9-10-22(14)24-15(2)25)12-16-7-8-17-5-3-4-6-18(17)11-16/h3-11,19H,12-13H2,1-2H3,(H,24,25). The average Bonchev–Trinajstić information content (AvgIpc) is 2.94. The Morgan fingerprint density at radius 1 is 1.08 bits per heavy atom. The summed E-state index contributed by atoms with van der Waals surface area (Å²) in [7, 11) is 0. The Hall–Kier alpha value is -2.94. The number of rotatable bonds is 3. The zero-order valence-electron chi connectivity index (χ0n) is 15.0. The summed E-state index contributed by atoms with van der Waals surface area (Å²) < 4.78 is 0. The van der Waals surface area contributed by atoms with Crippen molar-refractivity contribution in [3.05, 3.63) is 76.9 Å². The van der Waals surface area contributed by atoms with Crippen molar-refractivity contribution in [2.75, 3.05) is 5.32 Å². The van der Waals surface area contributed by atoms with E-state index in [2.05, 4.69) is 35.6 Å². The zero-order valence-corrected chi connectivity index (χ0v) is 15.0. The first-order chi connectivity index (χ1) is 12.5. The van der Waals surface area contributed by atoms with Gasteiger partial charge in [-0.15, -0.1) is 0 Å². The highest BCUT2D eigenvalue weighted by atomic mass is 16.1. The van der Waals surface area contributed by atoms with Gasteiger partial charge < -0.3 is 5.32 Å². The Morgan fingerprint density at radius 3 is 2.62 bits per heavy atom. The van der Waals surface area contributed by atoms with Crippen LogP contribution in [0, 0.1) is 12.8 Å². The van der Waals surface area contributed by atoms with E-state index in [1.165, 1.54) is 23.3 Å². The predicted octanol–water partition coefficient (Wildman–Crippen LogP) is 4.70. The number of carbonyl (C=O) groups is 2. The quantitative estimate of drug-likeness (QED) is 0.749. The van der Waals surface area contributed by atoms with Gasteiger partial charge in [-0.3, -0.25) is 9.59 Å². The molecule has 0 spiro atoms. The van der Waals surface area contributed by atoms with Gasteiger partial charge >= 0.3 is 0 Å². The molecular weight excluding hydrogens is 322 g/mol. The third kappa shape index (κ3) is 2.90. The predicted molar refractivity (Wildman–Crippen MR) is 105 cm³/mol. The fourth-order valence-corrected chi connectivity index (χ4v) is 3.95. The van der Waals surface area contributed by atoms with Gasteiger partial charge in [0, 0.05) is 24.1 Å². The number of benzene rings is 3. The second-order valence-corrected chi connectivity index (χ2v) is 7.10. The highest BCUT2D eigenvalue weighted by molar-refractivity contribution is 6.04. The summed E-state index contributed by atoms with van der Waals surface area (Å²) in [6.07, 6.45) is 1.48. The second kappa shape index (κ2) is 6.41. The van der Waals surface area contributed by atoms with Crippen LogP contribution in [0.25, 0.3) is 10.8 Å². The molecule has 0 aliphatic heterocycles. The normalized spacial score (nSPS) is 15.9. The summed E-state index contributed by atoms with van der Waals surface area (Å²) in [5.74, 6) is 0.0909. The van der Waals surface area contributed by atoms with Crippen molar-refractivity contribution in [1.29, 1.82) is 0 Å². The summed E-state index contributed by atoms with van der Waals surface area (Å²) in [6, 6.07) is 18.4. The highest BCUT2D eigenvalue weighted by Gasteiger charge is 2.32. The summed E-state index contributed by atoms with van der Waals surface area (Å²) in [5.41, 5.74) is 4.88. The molecule has 0 saturated carbocycles. The molecule has 3 aromatic rings. The molecule has 1 atom stereocenters. The topological polar surface area (TPSA) is 46.2 Å². The van der Waals surface area contributed by atoms with E-state index in [0.29, 0.717) is 0 Å². The van der Waals surface area contributed by atoms with Gasteiger partial charge in [0.1, 0.15) is 0 Å². The molecule has 0 bridgehead atoms. The molecule has 0 aromatic heterocycles. The highest BCUT2D eigenvalue weighted by Crippen LogP contribution is 2.35. The number of carbonyl (C=O) groups excluding carboxylic acids is 2. The minimum absolute atomic E-state index is 0.0301. The number of amides is 1. The third-order valence-electron chi connectivity index (χ3n) is 5.29. The fraction of sp³-hybridized carbons (Fsp3) is 0.217. The van der Waals surface area contributed by atoms with Gasteiger partial charge in [-0.2, -0.15) is 0 Å². The molecule has 4 rings (SSSR count). The van der Waals surface area contributed by atoms with Crippen LogP contribution in [-0.4, -0.2) is 11.7 Å². The van der Waals surface area contributed by atoms with Crippen LogP contribution < -0.4 is 5.32 Å². The van der Waals surface area contributed by atoms with E-state index in [0.717, 1.165) is 35.2 Å². The maximum atomic E-state index is 12.9. The molecular formula is C23H21NO2. The van der Waals surface area contributed by atoms with E-state index in [1.54, 1.807) is 0 Å². The van der Waals surface area contributed by atoms with Gasteiger partial charge in [0.25, 0.3) is 0 Å². The first-order valence-electron chi connectivity index (χ1n) is 8.95. The molecule has 3 aromatic carbocycles. The van der Waals surface area contributed by atoms with Gasteiger partial charge in [-0.25, -0.2) is 0 Å². The fourth-order valence-electron chi connectivity index (χ4n) is 3.95. The molecule has 0 saturated heterocycles. The molecule has 0 heterocycles. The molecule has 130 valence electrons. The lowest BCUT2D eigenvalue weighted by Gasteiger charge is -2.10. The molecule has 1 aliphatic rings. The van der Waals surface area contributed by atoms with Crippen LogP contribution in [0.15, 0.2) is 54.6 Å². The molecule has 3 heteroatoms. The minimum Gasteiger partial charge on any atom is -0.326 e. The molecule has 0 radical (unpaired) electrons. The maximum Gasteiger partial charge on any atom is 0.221 e. The number of hydrogen-bond donors (Lipinski definition) is 1. The third-order valence-corrected chi connectivity index (χ3v) is 5.29. The maximum absolute atomic E-state index is 12.9. The largest absolute Gasteiger partial charge is 0.326 e. The van der Waals surface area contributed by atoms with Crippen molar-refractivity contribution in [3.63, 3.8) is 0 Å². The monoisotopic (exact) mass is 343 g/mol. The van der Waals surface area contributed by atoms with E-state index in [1.807, 2.05) is 31.2 Å². The molecule has 26 heavy (non-hydrogen) atoms. The number of nitrogens with one attached hydrogen (secondary N) is 1. The lowest BCUT2D eigenvalue weighted by Crippen LogP contribution is -2.12. The Labute approximate surface area is 153 Å². The van der Waals surface area contributed by atoms with Crippen LogP contribution in [0.2, 0.25) is 0 Å². The van der Waals surface area contributed by atoms with Gasteiger partial charge in [-0.1, -0.05) is 42.5 Å². The van der Waals surface area contributed by atoms with E-state index < -0.39 is 0 Å². The molecule has 1 N–H and O–H groups in total. The average molecular weight is 343 g/mol. The van der Waals surface area contributed by atoms with E-state index in [9.17, 15) is 9.59 Å². The number of ketones is 1. The molecule has 3 nitrogen and oxygen atoms in total. The van der Waals surface area contributed by atoms with Crippen molar-refractivity contribution >= 4 is 28.2 Å². The summed E-state index contributed by atoms with van der Waals surface area (Å²) in [4.78, 5) is 24.2. The zero-order chi connectivity index (χ0) is 18.3. The smallest absolute Gasteiger partial charge is 0.221 e. The van der Waals surface area contributed by atoms with E-state index >= 15 is 0 Å². The first kappa shape index (κ1) is 16.5. The first-order valence-corrected chi connectivity index (χ1v) is 8.95. The molecule has 0 fully saturated rings. The van der Waals surface area contributed by atoms with E-state index in [-0.39, 0.29) is 17.6 Å². The Bertz CT molecular complexity index is 1040. The number of hydrogen-bond acceptors (Lipinski definition) is 2. The second-order valence-electron chi connectivity index (χ2n) is 7.10. The summed E-state index contributed by atoms with van der Waals surface area (Å²) in [5, 5.41) is 5.27. The molecule has 1 amide bonds. The van der Waals surface area contributed by atoms with Crippen molar-refractivity contribution in [1.82, 2.24) is 0 Å². The number of Topliss-reactive ketones (excluding diaryl/α,β-unsaturated/α-hetero) is 1.